The van der Waals surface area contributed by atoms with Gasteiger partial charge in [0.05, 0.1) is 0 Å². The number of rotatable bonds is 2. The fraction of sp³-hybridized carbons (Fsp3) is 0.818. The quantitative estimate of drug-likeness (QED) is 0.650. The van der Waals surface area contributed by atoms with Crippen molar-refractivity contribution in [1.82, 2.24) is 9.80 Å². The molecule has 2 saturated heterocycles. The Hall–Kier alpha value is -2.52. The Morgan fingerprint density at radius 3 is 1.25 bits per heavy atom. The molecule has 2 N–H and O–H groups in total. The number of nitrogens with zero attached hydrogens (tertiary/aromatic N) is 2. The minimum absolute atomic E-state index is 0.144. The highest BCUT2D eigenvalue weighted by molar-refractivity contribution is 5.82. The number of carboxylic acid groups (broad SMARTS) is 2. The van der Waals surface area contributed by atoms with E-state index in [4.69, 9.17) is 19.7 Å². The molecule has 2 aliphatic carbocycles. The lowest BCUT2D eigenvalue weighted by Crippen LogP contribution is -2.45. The smallest absolute Gasteiger partial charge is 0.411 e. The first-order valence-corrected chi connectivity index (χ1v) is 11.0. The number of amides is 2. The first-order valence-electron chi connectivity index (χ1n) is 11.0. The van der Waals surface area contributed by atoms with Gasteiger partial charge in [-0.25, -0.2) is 19.2 Å². The molecule has 2 amide bonds. The summed E-state index contributed by atoms with van der Waals surface area (Å²) in [6.07, 6.45) is 0.839. The monoisotopic (exact) mass is 454 g/mol. The van der Waals surface area contributed by atoms with Crippen LogP contribution in [0.5, 0.6) is 0 Å². The Morgan fingerprint density at radius 1 is 0.688 bits per heavy atom. The number of carbonyl (C=O) groups excluding carboxylic acids is 2. The fourth-order valence-corrected chi connectivity index (χ4v) is 4.58. The molecule has 0 radical (unpaired) electrons. The summed E-state index contributed by atoms with van der Waals surface area (Å²) in [4.78, 5) is 48.4. The summed E-state index contributed by atoms with van der Waals surface area (Å²) in [5.74, 6) is -0.816. The predicted octanol–water partition coefficient (Wildman–Crippen LogP) is 2.65. The Bertz CT molecular complexity index is 733. The maximum atomic E-state index is 11.8. The van der Waals surface area contributed by atoms with E-state index in [2.05, 4.69) is 0 Å². The first-order chi connectivity index (χ1) is 14.6. The third-order valence-electron chi connectivity index (χ3n) is 6.06. The molecular weight excluding hydrogens is 420 g/mol. The van der Waals surface area contributed by atoms with Crippen molar-refractivity contribution in [1.29, 1.82) is 0 Å². The van der Waals surface area contributed by atoms with E-state index < -0.39 is 47.4 Å². The van der Waals surface area contributed by atoms with Gasteiger partial charge < -0.3 is 19.7 Å². The van der Waals surface area contributed by atoms with Gasteiger partial charge in [0.15, 0.2) is 0 Å². The highest BCUT2D eigenvalue weighted by Crippen LogP contribution is 2.50. The van der Waals surface area contributed by atoms with Gasteiger partial charge in [0.1, 0.15) is 23.3 Å². The molecule has 0 spiro atoms. The normalized spacial score (nSPS) is 32.2. The lowest BCUT2D eigenvalue weighted by Gasteiger charge is -2.28. The molecule has 0 unspecified atom stereocenters. The van der Waals surface area contributed by atoms with Crippen molar-refractivity contribution in [3.8, 4) is 0 Å². The zero-order valence-electron chi connectivity index (χ0n) is 19.5. The van der Waals surface area contributed by atoms with Crippen LogP contribution in [0, 0.1) is 23.7 Å². The van der Waals surface area contributed by atoms with E-state index in [1.807, 2.05) is 0 Å². The van der Waals surface area contributed by atoms with Gasteiger partial charge in [-0.15, -0.1) is 0 Å². The predicted molar refractivity (Wildman–Crippen MR) is 112 cm³/mol. The summed E-state index contributed by atoms with van der Waals surface area (Å²) >= 11 is 0. The van der Waals surface area contributed by atoms with Gasteiger partial charge in [-0.05, 0) is 78.1 Å². The van der Waals surface area contributed by atoms with Crippen LogP contribution >= 0.6 is 0 Å². The molecule has 0 bridgehead atoms. The number of piperidine rings is 2. The van der Waals surface area contributed by atoms with Gasteiger partial charge in [0, 0.05) is 13.1 Å². The van der Waals surface area contributed by atoms with Crippen LogP contribution in [0.2, 0.25) is 0 Å². The van der Waals surface area contributed by atoms with Crippen LogP contribution in [-0.4, -0.2) is 80.5 Å². The van der Waals surface area contributed by atoms with E-state index in [9.17, 15) is 19.2 Å². The summed E-state index contributed by atoms with van der Waals surface area (Å²) in [5, 5.41) is 18.2. The molecule has 0 aromatic heterocycles. The maximum Gasteiger partial charge on any atom is 0.411 e. The largest absolute Gasteiger partial charge is 0.480 e. The Balaban J connectivity index is 0.000000181. The van der Waals surface area contributed by atoms with E-state index in [1.165, 1.54) is 9.80 Å². The number of fused-ring (bicyclic) bond motifs is 2. The van der Waals surface area contributed by atoms with Gasteiger partial charge in [0.2, 0.25) is 0 Å². The van der Waals surface area contributed by atoms with Crippen molar-refractivity contribution in [2.75, 3.05) is 13.1 Å². The second kappa shape index (κ2) is 8.12. The van der Waals surface area contributed by atoms with E-state index >= 15 is 0 Å². The van der Waals surface area contributed by atoms with Crippen molar-refractivity contribution >= 4 is 24.1 Å². The summed E-state index contributed by atoms with van der Waals surface area (Å²) < 4.78 is 10.4. The summed E-state index contributed by atoms with van der Waals surface area (Å²) in [5.41, 5.74) is -1.15. The molecule has 10 heteroatoms. The minimum atomic E-state index is -0.921. The number of carboxylic acids is 2. The van der Waals surface area contributed by atoms with Gasteiger partial charge in [-0.1, -0.05) is 0 Å². The molecule has 32 heavy (non-hydrogen) atoms. The van der Waals surface area contributed by atoms with Gasteiger partial charge in [-0.2, -0.15) is 0 Å². The Morgan fingerprint density at radius 2 is 1.00 bits per heavy atom. The topological polar surface area (TPSA) is 134 Å². The molecule has 6 atom stereocenters. The molecule has 0 aromatic rings. The highest BCUT2D eigenvalue weighted by atomic mass is 16.6. The average molecular weight is 455 g/mol. The van der Waals surface area contributed by atoms with Crippen molar-refractivity contribution in [3.05, 3.63) is 0 Å². The summed E-state index contributed by atoms with van der Waals surface area (Å²) in [7, 11) is 0. The molecule has 2 heterocycles. The van der Waals surface area contributed by atoms with Gasteiger partial charge in [-0.3, -0.25) is 9.80 Å². The summed E-state index contributed by atoms with van der Waals surface area (Å²) in [6.45, 7) is 11.7. The molecular formula is C22H34N2O8. The van der Waals surface area contributed by atoms with Crippen LogP contribution in [0.25, 0.3) is 0 Å². The zero-order valence-corrected chi connectivity index (χ0v) is 19.5. The third-order valence-corrected chi connectivity index (χ3v) is 6.06. The van der Waals surface area contributed by atoms with Crippen molar-refractivity contribution in [2.45, 2.75) is 77.7 Å². The van der Waals surface area contributed by atoms with Crippen molar-refractivity contribution in [3.63, 3.8) is 0 Å². The molecule has 2 saturated carbocycles. The fourth-order valence-electron chi connectivity index (χ4n) is 4.58. The second-order valence-corrected chi connectivity index (χ2v) is 11.2. The van der Waals surface area contributed by atoms with Crippen LogP contribution < -0.4 is 0 Å². The van der Waals surface area contributed by atoms with Gasteiger partial charge in [0.25, 0.3) is 0 Å². The molecule has 4 rings (SSSR count). The first kappa shape index (κ1) is 24.1. The summed E-state index contributed by atoms with van der Waals surface area (Å²) in [6, 6.07) is -1.36. The molecule has 2 aliphatic heterocycles. The molecule has 0 aromatic carbocycles. The van der Waals surface area contributed by atoms with Crippen LogP contribution in [-0.2, 0) is 19.1 Å². The maximum absolute atomic E-state index is 11.8. The lowest BCUT2D eigenvalue weighted by atomic mass is 10.2. The number of hydrogen-bond donors (Lipinski definition) is 2. The van der Waals surface area contributed by atoms with Crippen LogP contribution in [0.15, 0.2) is 0 Å². The van der Waals surface area contributed by atoms with E-state index in [0.717, 1.165) is 12.8 Å². The van der Waals surface area contributed by atoms with Crippen molar-refractivity contribution in [2.24, 2.45) is 23.7 Å². The molecule has 10 nitrogen and oxygen atoms in total. The van der Waals surface area contributed by atoms with Gasteiger partial charge >= 0.3 is 24.1 Å². The number of ether oxygens (including phenoxy) is 2. The highest BCUT2D eigenvalue weighted by Gasteiger charge is 2.58. The van der Waals surface area contributed by atoms with Crippen LogP contribution in [0.4, 0.5) is 9.59 Å². The van der Waals surface area contributed by atoms with E-state index in [-0.39, 0.29) is 11.8 Å². The number of aliphatic carboxylic acids is 2. The number of carbonyl (C=O) groups is 4. The SMILES string of the molecule is CC(C)(C)OC(=O)N1C[C@@H]2C[C@@H]2[C@@H]1C(=O)O.CC(C)(C)OC(=O)N1C[C@H]2C[C@H]2[C@H]1C(=O)O. The minimum Gasteiger partial charge on any atom is -0.480 e. The standard InChI is InChI=1S/2C11H17NO4/c2*1-11(2,3)16-10(15)12-5-6-4-7(6)8(12)9(13)14/h2*6-8H,4-5H2,1-3H3,(H,13,14)/t2*6-,7-,8+/m10/s1. The molecule has 180 valence electrons. The third kappa shape index (κ3) is 5.45. The molecule has 4 aliphatic rings. The number of likely N-dealkylation sites (tertiary alicyclic amines) is 2. The number of hydrogen-bond acceptors (Lipinski definition) is 6. The van der Waals surface area contributed by atoms with E-state index in [0.29, 0.717) is 24.9 Å². The Kier molecular flexibility index (Phi) is 6.12. The average Bonchev–Trinajstić information content (AvgIpc) is 3.47. The van der Waals surface area contributed by atoms with E-state index in [1.54, 1.807) is 41.5 Å². The van der Waals surface area contributed by atoms with Crippen LogP contribution in [0.3, 0.4) is 0 Å². The van der Waals surface area contributed by atoms with Crippen molar-refractivity contribution < 1.29 is 38.9 Å². The second-order valence-electron chi connectivity index (χ2n) is 11.2. The van der Waals surface area contributed by atoms with Crippen LogP contribution in [0.1, 0.15) is 54.4 Å². The molecule has 4 fully saturated rings. The zero-order chi connectivity index (χ0) is 24.2. The Labute approximate surface area is 187 Å². The lowest BCUT2D eigenvalue weighted by molar-refractivity contribution is -0.143.